The summed E-state index contributed by atoms with van der Waals surface area (Å²) < 4.78 is 5.65. The van der Waals surface area contributed by atoms with Gasteiger partial charge in [-0.1, -0.05) is 6.92 Å². The molecule has 0 aliphatic carbocycles. The summed E-state index contributed by atoms with van der Waals surface area (Å²) in [5.41, 5.74) is 0. The molecule has 0 radical (unpaired) electrons. The first-order chi connectivity index (χ1) is 9.70. The van der Waals surface area contributed by atoms with Gasteiger partial charge in [-0.15, -0.1) is 0 Å². The van der Waals surface area contributed by atoms with Gasteiger partial charge in [0.05, 0.1) is 6.10 Å². The fourth-order valence-corrected chi connectivity index (χ4v) is 3.26. The summed E-state index contributed by atoms with van der Waals surface area (Å²) in [6.07, 6.45) is 4.19. The van der Waals surface area contributed by atoms with Gasteiger partial charge in [-0.3, -0.25) is 9.80 Å². The number of piperazine rings is 1. The minimum atomic E-state index is 0.462. The Labute approximate surface area is 124 Å². The zero-order valence-electron chi connectivity index (χ0n) is 13.6. The van der Waals surface area contributed by atoms with E-state index in [0.717, 1.165) is 25.7 Å². The molecular weight excluding hydrogens is 250 g/mol. The first kappa shape index (κ1) is 16.2. The molecule has 0 aromatic carbocycles. The van der Waals surface area contributed by atoms with Crippen LogP contribution in [0.5, 0.6) is 0 Å². The van der Waals surface area contributed by atoms with E-state index < -0.39 is 0 Å². The minimum absolute atomic E-state index is 0.462. The van der Waals surface area contributed by atoms with E-state index in [1.54, 1.807) is 0 Å². The smallest absolute Gasteiger partial charge is 0.0700 e. The van der Waals surface area contributed by atoms with Crippen molar-refractivity contribution in [1.82, 2.24) is 15.1 Å². The first-order valence-corrected chi connectivity index (χ1v) is 8.51. The Hall–Kier alpha value is -0.160. The van der Waals surface area contributed by atoms with Gasteiger partial charge >= 0.3 is 0 Å². The monoisotopic (exact) mass is 283 g/mol. The normalized spacial score (nSPS) is 28.6. The van der Waals surface area contributed by atoms with Crippen LogP contribution >= 0.6 is 0 Å². The van der Waals surface area contributed by atoms with Crippen molar-refractivity contribution in [3.05, 3.63) is 0 Å². The lowest BCUT2D eigenvalue weighted by atomic mass is 10.1. The molecule has 2 heterocycles. The number of nitrogens with zero attached hydrogens (tertiary/aromatic N) is 2. The summed E-state index contributed by atoms with van der Waals surface area (Å²) in [4.78, 5) is 5.25. The second-order valence-electron chi connectivity index (χ2n) is 6.47. The molecule has 20 heavy (non-hydrogen) atoms. The third-order valence-electron chi connectivity index (χ3n) is 5.02. The number of hydrogen-bond acceptors (Lipinski definition) is 4. The summed E-state index contributed by atoms with van der Waals surface area (Å²) in [5, 5.41) is 3.59. The van der Waals surface area contributed by atoms with Gasteiger partial charge in [0, 0.05) is 58.0 Å². The topological polar surface area (TPSA) is 27.7 Å². The van der Waals surface area contributed by atoms with Crippen LogP contribution in [0.25, 0.3) is 0 Å². The summed E-state index contributed by atoms with van der Waals surface area (Å²) in [5.74, 6) is 0. The van der Waals surface area contributed by atoms with Gasteiger partial charge in [-0.05, 0) is 33.1 Å². The average Bonchev–Trinajstić information content (AvgIpc) is 2.99. The number of nitrogens with one attached hydrogen (secondary N) is 1. The largest absolute Gasteiger partial charge is 0.377 e. The van der Waals surface area contributed by atoms with Crippen LogP contribution in [0.4, 0.5) is 0 Å². The molecular formula is C16H33N3O. The molecule has 1 N–H and O–H groups in total. The molecule has 118 valence electrons. The number of rotatable bonds is 7. The summed E-state index contributed by atoms with van der Waals surface area (Å²) in [6.45, 7) is 14.9. The molecule has 2 aliphatic rings. The molecule has 0 spiro atoms. The van der Waals surface area contributed by atoms with Gasteiger partial charge < -0.3 is 10.1 Å². The van der Waals surface area contributed by atoms with Crippen LogP contribution < -0.4 is 5.32 Å². The van der Waals surface area contributed by atoms with Gasteiger partial charge in [0.25, 0.3) is 0 Å². The second-order valence-corrected chi connectivity index (χ2v) is 6.47. The Morgan fingerprint density at radius 2 is 1.75 bits per heavy atom. The highest BCUT2D eigenvalue weighted by Crippen LogP contribution is 2.12. The van der Waals surface area contributed by atoms with E-state index in [9.17, 15) is 0 Å². The zero-order chi connectivity index (χ0) is 14.4. The van der Waals surface area contributed by atoms with E-state index >= 15 is 0 Å². The van der Waals surface area contributed by atoms with E-state index in [1.807, 2.05) is 0 Å². The molecule has 2 rings (SSSR count). The van der Waals surface area contributed by atoms with Crippen molar-refractivity contribution >= 4 is 0 Å². The van der Waals surface area contributed by atoms with Crippen molar-refractivity contribution in [3.63, 3.8) is 0 Å². The predicted octanol–water partition coefficient (Wildman–Crippen LogP) is 1.56. The molecule has 0 amide bonds. The van der Waals surface area contributed by atoms with Crippen LogP contribution in [0.2, 0.25) is 0 Å². The molecule has 0 aromatic heterocycles. The van der Waals surface area contributed by atoms with E-state index in [4.69, 9.17) is 4.74 Å². The SMILES string of the molecule is CCC(C)N1CCN(C(C)CNCC2CCCO2)CC1. The van der Waals surface area contributed by atoms with E-state index in [0.29, 0.717) is 12.1 Å². The van der Waals surface area contributed by atoms with Crippen LogP contribution in [0.15, 0.2) is 0 Å². The molecule has 2 saturated heterocycles. The average molecular weight is 283 g/mol. The van der Waals surface area contributed by atoms with Crippen LogP contribution in [0.1, 0.15) is 40.0 Å². The van der Waals surface area contributed by atoms with Crippen molar-refractivity contribution in [2.45, 2.75) is 58.2 Å². The molecule has 3 atom stereocenters. The Bertz CT molecular complexity index is 260. The van der Waals surface area contributed by atoms with Crippen LogP contribution in [0.3, 0.4) is 0 Å². The number of hydrogen-bond donors (Lipinski definition) is 1. The Morgan fingerprint density at radius 3 is 2.30 bits per heavy atom. The van der Waals surface area contributed by atoms with Crippen molar-refractivity contribution < 1.29 is 4.74 Å². The first-order valence-electron chi connectivity index (χ1n) is 8.51. The number of ether oxygens (including phenoxy) is 1. The lowest BCUT2D eigenvalue weighted by molar-refractivity contribution is 0.0734. The highest BCUT2D eigenvalue weighted by molar-refractivity contribution is 4.80. The maximum absolute atomic E-state index is 5.65. The van der Waals surface area contributed by atoms with Crippen molar-refractivity contribution in [2.75, 3.05) is 45.9 Å². The molecule has 2 aliphatic heterocycles. The highest BCUT2D eigenvalue weighted by Gasteiger charge is 2.23. The molecule has 0 saturated carbocycles. The quantitative estimate of drug-likeness (QED) is 0.767. The second kappa shape index (κ2) is 8.32. The maximum Gasteiger partial charge on any atom is 0.0700 e. The van der Waals surface area contributed by atoms with E-state index in [-0.39, 0.29) is 0 Å². The van der Waals surface area contributed by atoms with Gasteiger partial charge in [0.15, 0.2) is 0 Å². The fraction of sp³-hybridized carbons (Fsp3) is 1.00. The molecule has 0 aromatic rings. The Balaban J connectivity index is 1.60. The Morgan fingerprint density at radius 1 is 1.10 bits per heavy atom. The van der Waals surface area contributed by atoms with Crippen molar-refractivity contribution in [1.29, 1.82) is 0 Å². The van der Waals surface area contributed by atoms with Gasteiger partial charge in [0.1, 0.15) is 0 Å². The van der Waals surface area contributed by atoms with E-state index in [2.05, 4.69) is 35.9 Å². The summed E-state index contributed by atoms with van der Waals surface area (Å²) >= 11 is 0. The summed E-state index contributed by atoms with van der Waals surface area (Å²) in [7, 11) is 0. The van der Waals surface area contributed by atoms with Crippen LogP contribution in [-0.4, -0.2) is 73.9 Å². The van der Waals surface area contributed by atoms with Crippen LogP contribution in [0, 0.1) is 0 Å². The third-order valence-corrected chi connectivity index (χ3v) is 5.02. The van der Waals surface area contributed by atoms with E-state index in [1.165, 1.54) is 45.4 Å². The fourth-order valence-electron chi connectivity index (χ4n) is 3.26. The highest BCUT2D eigenvalue weighted by atomic mass is 16.5. The zero-order valence-corrected chi connectivity index (χ0v) is 13.6. The molecule has 2 fully saturated rings. The molecule has 0 bridgehead atoms. The minimum Gasteiger partial charge on any atom is -0.377 e. The predicted molar refractivity (Wildman–Crippen MR) is 84.2 cm³/mol. The summed E-state index contributed by atoms with van der Waals surface area (Å²) in [6, 6.07) is 1.38. The maximum atomic E-state index is 5.65. The van der Waals surface area contributed by atoms with Crippen molar-refractivity contribution in [3.8, 4) is 0 Å². The van der Waals surface area contributed by atoms with Gasteiger partial charge in [0.2, 0.25) is 0 Å². The van der Waals surface area contributed by atoms with Crippen LogP contribution in [-0.2, 0) is 4.74 Å². The lowest BCUT2D eigenvalue weighted by Crippen LogP contribution is -2.54. The lowest BCUT2D eigenvalue weighted by Gasteiger charge is -2.40. The van der Waals surface area contributed by atoms with Gasteiger partial charge in [-0.25, -0.2) is 0 Å². The molecule has 4 heteroatoms. The molecule has 4 nitrogen and oxygen atoms in total. The Kier molecular flexibility index (Phi) is 6.75. The third kappa shape index (κ3) is 4.69. The van der Waals surface area contributed by atoms with Gasteiger partial charge in [-0.2, -0.15) is 0 Å². The van der Waals surface area contributed by atoms with Crippen molar-refractivity contribution in [2.24, 2.45) is 0 Å². The standard InChI is InChI=1S/C16H33N3O/c1-4-14(2)18-7-9-19(10-8-18)15(3)12-17-13-16-6-5-11-20-16/h14-17H,4-13H2,1-3H3. The molecule has 3 unspecified atom stereocenters.